The lowest BCUT2D eigenvalue weighted by Crippen LogP contribution is -2.53. The second-order valence-corrected chi connectivity index (χ2v) is 7.90. The predicted octanol–water partition coefficient (Wildman–Crippen LogP) is 3.32. The minimum Gasteiger partial charge on any atom is -0.508 e. The molecule has 26 heavy (non-hydrogen) atoms. The zero-order valence-corrected chi connectivity index (χ0v) is 15.0. The van der Waals surface area contributed by atoms with Crippen molar-refractivity contribution in [3.05, 3.63) is 65.5 Å². The third kappa shape index (κ3) is 2.40. The molecule has 0 amide bonds. The number of nitrogens with zero attached hydrogens (tertiary/aromatic N) is 3. The van der Waals surface area contributed by atoms with Crippen LogP contribution in [0.4, 0.5) is 0 Å². The van der Waals surface area contributed by atoms with Gasteiger partial charge in [0, 0.05) is 18.4 Å². The molecule has 0 unspecified atom stereocenters. The molecule has 2 aliphatic rings. The van der Waals surface area contributed by atoms with Gasteiger partial charge in [0.2, 0.25) is 0 Å². The van der Waals surface area contributed by atoms with Crippen LogP contribution in [0.5, 0.6) is 5.75 Å². The fourth-order valence-electron chi connectivity index (χ4n) is 4.94. The quantitative estimate of drug-likeness (QED) is 0.735. The van der Waals surface area contributed by atoms with Gasteiger partial charge in [-0.25, -0.2) is 9.97 Å². The van der Waals surface area contributed by atoms with Crippen LogP contribution in [0, 0.1) is 5.92 Å². The number of rotatable bonds is 1. The number of hydrogen-bond acceptors (Lipinski definition) is 4. The lowest BCUT2D eigenvalue weighted by Gasteiger charge is -2.50. The minimum atomic E-state index is 0.0371. The number of benzene rings is 2. The monoisotopic (exact) mass is 345 g/mol. The third-order valence-corrected chi connectivity index (χ3v) is 6.32. The van der Waals surface area contributed by atoms with Gasteiger partial charge in [0.15, 0.2) is 0 Å². The van der Waals surface area contributed by atoms with E-state index in [1.807, 2.05) is 36.4 Å². The summed E-state index contributed by atoms with van der Waals surface area (Å²) in [6.45, 7) is 2.13. The van der Waals surface area contributed by atoms with E-state index in [0.717, 1.165) is 54.8 Å². The van der Waals surface area contributed by atoms with Crippen molar-refractivity contribution < 1.29 is 5.11 Å². The van der Waals surface area contributed by atoms with Crippen molar-refractivity contribution in [3.63, 3.8) is 0 Å². The van der Waals surface area contributed by atoms with Crippen molar-refractivity contribution in [3.8, 4) is 5.75 Å². The van der Waals surface area contributed by atoms with Crippen molar-refractivity contribution in [2.45, 2.75) is 24.7 Å². The molecule has 5 rings (SSSR count). The molecule has 1 fully saturated rings. The van der Waals surface area contributed by atoms with Gasteiger partial charge < -0.3 is 10.0 Å². The van der Waals surface area contributed by atoms with Crippen LogP contribution in [0.1, 0.15) is 23.4 Å². The summed E-state index contributed by atoms with van der Waals surface area (Å²) in [5.41, 5.74) is 5.53. The van der Waals surface area contributed by atoms with E-state index in [2.05, 4.69) is 18.0 Å². The van der Waals surface area contributed by atoms with E-state index in [4.69, 9.17) is 9.97 Å². The Morgan fingerprint density at radius 1 is 1.04 bits per heavy atom. The number of aromatic nitrogens is 2. The second-order valence-electron chi connectivity index (χ2n) is 7.90. The lowest BCUT2D eigenvalue weighted by molar-refractivity contribution is 0.0975. The highest BCUT2D eigenvalue weighted by atomic mass is 16.3. The average molecular weight is 345 g/mol. The Balaban J connectivity index is 1.67. The summed E-state index contributed by atoms with van der Waals surface area (Å²) in [5.74, 6) is 0.843. The highest BCUT2D eigenvalue weighted by Crippen LogP contribution is 2.47. The summed E-state index contributed by atoms with van der Waals surface area (Å²) < 4.78 is 0. The maximum atomic E-state index is 10.1. The Kier molecular flexibility index (Phi) is 3.50. The number of hydrogen-bond donors (Lipinski definition) is 1. The summed E-state index contributed by atoms with van der Waals surface area (Å²) in [4.78, 5) is 12.3. The summed E-state index contributed by atoms with van der Waals surface area (Å²) >= 11 is 0. The highest BCUT2D eigenvalue weighted by Gasteiger charge is 2.47. The van der Waals surface area contributed by atoms with E-state index in [1.54, 1.807) is 6.07 Å². The van der Waals surface area contributed by atoms with Crippen molar-refractivity contribution in [1.29, 1.82) is 0 Å². The number of para-hydroxylation sites is 2. The molecule has 0 bridgehead atoms. The molecular weight excluding hydrogens is 322 g/mol. The summed E-state index contributed by atoms with van der Waals surface area (Å²) in [6.07, 6.45) is 2.95. The molecule has 1 N–H and O–H groups in total. The largest absolute Gasteiger partial charge is 0.508 e. The molecule has 2 atom stereocenters. The molecule has 1 aromatic heterocycles. The van der Waals surface area contributed by atoms with Gasteiger partial charge in [-0.05, 0) is 62.2 Å². The Morgan fingerprint density at radius 2 is 1.81 bits per heavy atom. The average Bonchev–Trinajstić information content (AvgIpc) is 2.65. The summed E-state index contributed by atoms with van der Waals surface area (Å²) in [7, 11) is 2.20. The fraction of sp³-hybridized carbons (Fsp3) is 0.364. The first-order chi connectivity index (χ1) is 12.6. The zero-order valence-electron chi connectivity index (χ0n) is 15.0. The van der Waals surface area contributed by atoms with Crippen LogP contribution in [0.15, 0.2) is 48.5 Å². The van der Waals surface area contributed by atoms with Crippen molar-refractivity contribution >= 4 is 11.0 Å². The molecule has 2 aromatic carbocycles. The van der Waals surface area contributed by atoms with Crippen molar-refractivity contribution in [1.82, 2.24) is 14.9 Å². The summed E-state index contributed by atoms with van der Waals surface area (Å²) in [6, 6.07) is 16.0. The maximum Gasteiger partial charge on any atom is 0.115 e. The SMILES string of the molecule is CN1CC[C@]2(c3cccc(O)c3)Cc3nc4ccccc4nc3C[C@H]2C1. The van der Waals surface area contributed by atoms with Crippen LogP contribution in [0.25, 0.3) is 11.0 Å². The second kappa shape index (κ2) is 5.78. The number of phenolic OH excluding ortho intramolecular Hbond substituents is 1. The van der Waals surface area contributed by atoms with Gasteiger partial charge in [0.25, 0.3) is 0 Å². The smallest absolute Gasteiger partial charge is 0.115 e. The fourth-order valence-corrected chi connectivity index (χ4v) is 4.94. The number of aromatic hydroxyl groups is 1. The molecule has 132 valence electrons. The van der Waals surface area contributed by atoms with E-state index in [0.29, 0.717) is 11.7 Å². The molecular formula is C22H23N3O. The minimum absolute atomic E-state index is 0.0371. The number of likely N-dealkylation sites (tertiary alicyclic amines) is 1. The van der Waals surface area contributed by atoms with Crippen molar-refractivity contribution in [2.75, 3.05) is 20.1 Å². The third-order valence-electron chi connectivity index (χ3n) is 6.32. The molecule has 0 saturated carbocycles. The van der Waals surface area contributed by atoms with Gasteiger partial charge >= 0.3 is 0 Å². The molecule has 1 aliphatic heterocycles. The van der Waals surface area contributed by atoms with Crippen LogP contribution in [0.3, 0.4) is 0 Å². The Hall–Kier alpha value is -2.46. The van der Waals surface area contributed by atoms with Gasteiger partial charge in [-0.1, -0.05) is 24.3 Å². The Morgan fingerprint density at radius 3 is 2.58 bits per heavy atom. The molecule has 4 nitrogen and oxygen atoms in total. The van der Waals surface area contributed by atoms with Crippen LogP contribution in [-0.4, -0.2) is 40.1 Å². The van der Waals surface area contributed by atoms with E-state index >= 15 is 0 Å². The first-order valence-electron chi connectivity index (χ1n) is 9.37. The lowest BCUT2D eigenvalue weighted by atomic mass is 9.59. The zero-order chi connectivity index (χ0) is 17.7. The first-order valence-corrected chi connectivity index (χ1v) is 9.37. The molecule has 3 aromatic rings. The van der Waals surface area contributed by atoms with E-state index in [9.17, 15) is 5.11 Å². The topological polar surface area (TPSA) is 49.2 Å². The van der Waals surface area contributed by atoms with E-state index < -0.39 is 0 Å². The van der Waals surface area contributed by atoms with E-state index in [-0.39, 0.29) is 5.41 Å². The van der Waals surface area contributed by atoms with Gasteiger partial charge in [-0.2, -0.15) is 0 Å². The van der Waals surface area contributed by atoms with Crippen molar-refractivity contribution in [2.24, 2.45) is 5.92 Å². The normalized spacial score (nSPS) is 25.7. The van der Waals surface area contributed by atoms with Gasteiger partial charge in [0.05, 0.1) is 22.4 Å². The van der Waals surface area contributed by atoms with E-state index in [1.165, 1.54) is 5.56 Å². The number of fused-ring (bicyclic) bond motifs is 3. The van der Waals surface area contributed by atoms with Crippen LogP contribution in [-0.2, 0) is 18.3 Å². The molecule has 2 heterocycles. The van der Waals surface area contributed by atoms with Gasteiger partial charge in [-0.15, -0.1) is 0 Å². The standard InChI is InChI=1S/C22H23N3O/c1-25-10-9-22(15-5-4-6-17(26)11-15)13-21-20(12-16(22)14-25)23-18-7-2-3-8-19(18)24-21/h2-8,11,16,26H,9-10,12-14H2,1H3/t16-,22+/m0/s1. The Bertz CT molecular complexity index is 986. The van der Waals surface area contributed by atoms with Crippen LogP contribution in [0.2, 0.25) is 0 Å². The highest BCUT2D eigenvalue weighted by molar-refractivity contribution is 5.74. The first kappa shape index (κ1) is 15.8. The van der Waals surface area contributed by atoms with Crippen LogP contribution >= 0.6 is 0 Å². The number of phenols is 1. The number of piperidine rings is 1. The van der Waals surface area contributed by atoms with Gasteiger partial charge in [0.1, 0.15) is 5.75 Å². The van der Waals surface area contributed by atoms with Crippen LogP contribution < -0.4 is 0 Å². The Labute approximate surface area is 153 Å². The maximum absolute atomic E-state index is 10.1. The molecule has 0 radical (unpaired) electrons. The summed E-state index contributed by atoms with van der Waals surface area (Å²) in [5, 5.41) is 10.1. The molecule has 4 heteroatoms. The molecule has 1 aliphatic carbocycles. The predicted molar refractivity (Wildman–Crippen MR) is 102 cm³/mol. The van der Waals surface area contributed by atoms with Gasteiger partial charge in [-0.3, -0.25) is 0 Å². The molecule has 0 spiro atoms. The molecule has 1 saturated heterocycles.